The van der Waals surface area contributed by atoms with Crippen LogP contribution in [0.4, 0.5) is 10.1 Å². The lowest BCUT2D eigenvalue weighted by molar-refractivity contribution is 0.616. The van der Waals surface area contributed by atoms with Gasteiger partial charge in [0.15, 0.2) is 0 Å². The summed E-state index contributed by atoms with van der Waals surface area (Å²) < 4.78 is 12.9. The van der Waals surface area contributed by atoms with Gasteiger partial charge in [0, 0.05) is 18.2 Å². The molecule has 1 aromatic carbocycles. The quantitative estimate of drug-likeness (QED) is 0.735. The number of rotatable bonds is 2. The van der Waals surface area contributed by atoms with Crippen molar-refractivity contribution in [2.45, 2.75) is 25.7 Å². The third kappa shape index (κ3) is 1.53. The van der Waals surface area contributed by atoms with E-state index in [0.29, 0.717) is 5.92 Å². The number of nitrogens with one attached hydrogen (secondary N) is 1. The van der Waals surface area contributed by atoms with Gasteiger partial charge in [-0.2, -0.15) is 0 Å². The van der Waals surface area contributed by atoms with E-state index < -0.39 is 0 Å². The van der Waals surface area contributed by atoms with Crippen molar-refractivity contribution in [1.29, 1.82) is 0 Å². The number of benzene rings is 1. The van der Waals surface area contributed by atoms with E-state index in [-0.39, 0.29) is 5.82 Å². The predicted octanol–water partition coefficient (Wildman–Crippen LogP) is 3.13. The van der Waals surface area contributed by atoms with Crippen LogP contribution in [0.25, 0.3) is 0 Å². The molecule has 0 spiro atoms. The molecule has 1 aliphatic rings. The van der Waals surface area contributed by atoms with Gasteiger partial charge in [0.1, 0.15) is 5.82 Å². The third-order valence-electron chi connectivity index (χ3n) is 2.63. The Morgan fingerprint density at radius 2 is 2.38 bits per heavy atom. The Labute approximate surface area is 78.0 Å². The fourth-order valence-electron chi connectivity index (χ4n) is 1.98. The first-order valence-electron chi connectivity index (χ1n) is 4.84. The SMILES string of the molecule is CCCC1CNc2ccc(F)cc21. The van der Waals surface area contributed by atoms with Crippen LogP contribution in [0.2, 0.25) is 0 Å². The summed E-state index contributed by atoms with van der Waals surface area (Å²) in [5, 5.41) is 3.30. The van der Waals surface area contributed by atoms with Gasteiger partial charge in [0.2, 0.25) is 0 Å². The van der Waals surface area contributed by atoms with Crippen molar-refractivity contribution in [3.63, 3.8) is 0 Å². The summed E-state index contributed by atoms with van der Waals surface area (Å²) >= 11 is 0. The molecule has 0 amide bonds. The molecule has 1 aromatic rings. The maximum absolute atomic E-state index is 12.9. The van der Waals surface area contributed by atoms with Crippen molar-refractivity contribution in [2.24, 2.45) is 0 Å². The minimum absolute atomic E-state index is 0.122. The average Bonchev–Trinajstić information content (AvgIpc) is 2.49. The first-order valence-corrected chi connectivity index (χ1v) is 4.84. The maximum Gasteiger partial charge on any atom is 0.123 e. The molecule has 0 saturated heterocycles. The molecule has 0 radical (unpaired) electrons. The molecule has 1 N–H and O–H groups in total. The van der Waals surface area contributed by atoms with Gasteiger partial charge in [0.25, 0.3) is 0 Å². The lowest BCUT2D eigenvalue weighted by Crippen LogP contribution is -2.00. The second-order valence-corrected chi connectivity index (χ2v) is 3.60. The molecular formula is C11H14FN. The van der Waals surface area contributed by atoms with E-state index in [2.05, 4.69) is 12.2 Å². The zero-order valence-corrected chi connectivity index (χ0v) is 7.81. The summed E-state index contributed by atoms with van der Waals surface area (Å²) in [6, 6.07) is 5.01. The standard InChI is InChI=1S/C11H14FN/c1-2-3-8-7-13-11-5-4-9(12)6-10(8)11/h4-6,8,13H,2-3,7H2,1H3. The monoisotopic (exact) mass is 179 g/mol. The Bertz CT molecular complexity index is 307. The van der Waals surface area contributed by atoms with E-state index in [1.165, 1.54) is 6.07 Å². The van der Waals surface area contributed by atoms with Gasteiger partial charge in [-0.3, -0.25) is 0 Å². The second kappa shape index (κ2) is 3.36. The van der Waals surface area contributed by atoms with E-state index in [0.717, 1.165) is 30.6 Å². The van der Waals surface area contributed by atoms with Gasteiger partial charge in [-0.05, 0) is 30.2 Å². The molecule has 2 rings (SSSR count). The van der Waals surface area contributed by atoms with Gasteiger partial charge >= 0.3 is 0 Å². The summed E-state index contributed by atoms with van der Waals surface area (Å²) in [7, 11) is 0. The molecule has 13 heavy (non-hydrogen) atoms. The Morgan fingerprint density at radius 1 is 1.54 bits per heavy atom. The first kappa shape index (κ1) is 8.54. The summed E-state index contributed by atoms with van der Waals surface area (Å²) in [6.07, 6.45) is 2.30. The lowest BCUT2D eigenvalue weighted by atomic mass is 9.97. The highest BCUT2D eigenvalue weighted by atomic mass is 19.1. The van der Waals surface area contributed by atoms with Crippen LogP contribution in [0.5, 0.6) is 0 Å². The van der Waals surface area contributed by atoms with Crippen LogP contribution in [0.3, 0.4) is 0 Å². The summed E-state index contributed by atoms with van der Waals surface area (Å²) in [4.78, 5) is 0. The Hall–Kier alpha value is -1.05. The minimum atomic E-state index is -0.122. The number of halogens is 1. The predicted molar refractivity (Wildman–Crippen MR) is 52.5 cm³/mol. The van der Waals surface area contributed by atoms with E-state index in [1.807, 2.05) is 6.07 Å². The number of hydrogen-bond donors (Lipinski definition) is 1. The fraction of sp³-hybridized carbons (Fsp3) is 0.455. The van der Waals surface area contributed by atoms with Crippen LogP contribution in [0.1, 0.15) is 31.2 Å². The number of hydrogen-bond acceptors (Lipinski definition) is 1. The van der Waals surface area contributed by atoms with Crippen molar-refractivity contribution < 1.29 is 4.39 Å². The Morgan fingerprint density at radius 3 is 3.15 bits per heavy atom. The molecule has 0 fully saturated rings. The molecule has 1 heterocycles. The highest BCUT2D eigenvalue weighted by Gasteiger charge is 2.21. The van der Waals surface area contributed by atoms with Crippen LogP contribution < -0.4 is 5.32 Å². The highest BCUT2D eigenvalue weighted by molar-refractivity contribution is 5.57. The molecule has 0 aliphatic carbocycles. The molecule has 0 saturated carbocycles. The second-order valence-electron chi connectivity index (χ2n) is 3.60. The largest absolute Gasteiger partial charge is 0.384 e. The lowest BCUT2D eigenvalue weighted by Gasteiger charge is -2.07. The van der Waals surface area contributed by atoms with Gasteiger partial charge in [-0.15, -0.1) is 0 Å². The summed E-state index contributed by atoms with van der Waals surface area (Å²) in [5.74, 6) is 0.388. The third-order valence-corrected chi connectivity index (χ3v) is 2.63. The zero-order chi connectivity index (χ0) is 9.26. The van der Waals surface area contributed by atoms with Crippen molar-refractivity contribution >= 4 is 5.69 Å². The first-order chi connectivity index (χ1) is 6.31. The molecule has 1 aliphatic heterocycles. The van der Waals surface area contributed by atoms with Gasteiger partial charge in [-0.1, -0.05) is 13.3 Å². The fourth-order valence-corrected chi connectivity index (χ4v) is 1.98. The molecule has 1 unspecified atom stereocenters. The molecule has 0 aromatic heterocycles. The molecule has 0 bridgehead atoms. The summed E-state index contributed by atoms with van der Waals surface area (Å²) in [5.41, 5.74) is 2.27. The van der Waals surface area contributed by atoms with E-state index in [9.17, 15) is 4.39 Å². The van der Waals surface area contributed by atoms with Gasteiger partial charge in [0.05, 0.1) is 0 Å². The van der Waals surface area contributed by atoms with Crippen molar-refractivity contribution in [3.05, 3.63) is 29.6 Å². The Balaban J connectivity index is 2.29. The normalized spacial score (nSPS) is 19.7. The molecular weight excluding hydrogens is 165 g/mol. The topological polar surface area (TPSA) is 12.0 Å². The average molecular weight is 179 g/mol. The smallest absolute Gasteiger partial charge is 0.123 e. The molecule has 2 heteroatoms. The van der Waals surface area contributed by atoms with Crippen molar-refractivity contribution in [3.8, 4) is 0 Å². The van der Waals surface area contributed by atoms with Crippen LogP contribution >= 0.6 is 0 Å². The van der Waals surface area contributed by atoms with E-state index >= 15 is 0 Å². The van der Waals surface area contributed by atoms with E-state index in [4.69, 9.17) is 0 Å². The minimum Gasteiger partial charge on any atom is -0.384 e. The number of anilines is 1. The molecule has 70 valence electrons. The van der Waals surface area contributed by atoms with Crippen molar-refractivity contribution in [2.75, 3.05) is 11.9 Å². The van der Waals surface area contributed by atoms with Crippen LogP contribution in [-0.2, 0) is 0 Å². The number of fused-ring (bicyclic) bond motifs is 1. The van der Waals surface area contributed by atoms with Crippen LogP contribution in [0, 0.1) is 5.82 Å². The molecule has 1 atom stereocenters. The highest BCUT2D eigenvalue weighted by Crippen LogP contribution is 2.34. The maximum atomic E-state index is 12.9. The van der Waals surface area contributed by atoms with Crippen LogP contribution in [0.15, 0.2) is 18.2 Å². The van der Waals surface area contributed by atoms with Crippen LogP contribution in [-0.4, -0.2) is 6.54 Å². The zero-order valence-electron chi connectivity index (χ0n) is 7.81. The van der Waals surface area contributed by atoms with Crippen molar-refractivity contribution in [1.82, 2.24) is 0 Å². The summed E-state index contributed by atoms with van der Waals surface area (Å²) in [6.45, 7) is 3.13. The Kier molecular flexibility index (Phi) is 2.21. The molecule has 1 nitrogen and oxygen atoms in total. The van der Waals surface area contributed by atoms with E-state index in [1.54, 1.807) is 6.07 Å². The van der Waals surface area contributed by atoms with Gasteiger partial charge in [-0.25, -0.2) is 4.39 Å². The van der Waals surface area contributed by atoms with Gasteiger partial charge < -0.3 is 5.32 Å².